The highest BCUT2D eigenvalue weighted by atomic mass is 28.4. The van der Waals surface area contributed by atoms with Gasteiger partial charge in [-0.1, -0.05) is 77.2 Å². The maximum atomic E-state index is 13.0. The first-order valence-corrected chi connectivity index (χ1v) is 15.9. The van der Waals surface area contributed by atoms with Crippen molar-refractivity contribution >= 4 is 14.1 Å². The van der Waals surface area contributed by atoms with Gasteiger partial charge in [0, 0.05) is 12.0 Å². The molecule has 4 heteroatoms. The molecule has 0 amide bonds. The van der Waals surface area contributed by atoms with E-state index in [0.29, 0.717) is 5.92 Å². The predicted molar refractivity (Wildman–Crippen MR) is 136 cm³/mol. The van der Waals surface area contributed by atoms with Crippen LogP contribution in [0, 0.1) is 11.8 Å². The van der Waals surface area contributed by atoms with E-state index in [1.54, 1.807) is 0 Å². The summed E-state index contributed by atoms with van der Waals surface area (Å²) in [5.74, 6) is 0.691. The molecule has 3 nitrogen and oxygen atoms in total. The summed E-state index contributed by atoms with van der Waals surface area (Å²) < 4.78 is 13.1. The Morgan fingerprint density at radius 1 is 1.19 bits per heavy atom. The van der Waals surface area contributed by atoms with Crippen molar-refractivity contribution in [3.63, 3.8) is 0 Å². The van der Waals surface area contributed by atoms with Gasteiger partial charge < -0.3 is 9.16 Å². The lowest BCUT2D eigenvalue weighted by Crippen LogP contribution is -2.44. The fraction of sp³-hybridized carbons (Fsp3) is 0.750. The molecular formula is C28H46O3Si. The molecule has 1 aliphatic heterocycles. The average Bonchev–Trinajstić information content (AvgIpc) is 3.08. The van der Waals surface area contributed by atoms with Gasteiger partial charge in [-0.25, -0.2) is 0 Å². The fourth-order valence-corrected chi connectivity index (χ4v) is 6.53. The lowest BCUT2D eigenvalue weighted by Gasteiger charge is -2.39. The number of carbonyl (C=O) groups is 1. The molecule has 1 fully saturated rings. The summed E-state index contributed by atoms with van der Waals surface area (Å²) in [5, 5.41) is 0.202. The third-order valence-electron chi connectivity index (χ3n) is 8.13. The number of ether oxygens (including phenoxy) is 1. The third kappa shape index (κ3) is 5.93. The van der Waals surface area contributed by atoms with E-state index in [1.165, 1.54) is 43.3 Å². The number of hydrogen-bond donors (Lipinski definition) is 0. The summed E-state index contributed by atoms with van der Waals surface area (Å²) in [6.07, 6.45) is 18.0. The highest BCUT2D eigenvalue weighted by molar-refractivity contribution is 6.74. The van der Waals surface area contributed by atoms with Gasteiger partial charge in [-0.2, -0.15) is 0 Å². The molecule has 0 saturated heterocycles. The van der Waals surface area contributed by atoms with Crippen molar-refractivity contribution in [1.82, 2.24) is 0 Å². The van der Waals surface area contributed by atoms with Crippen LogP contribution in [0.1, 0.15) is 86.0 Å². The molecule has 2 aliphatic carbocycles. The number of unbranched alkanes of at least 4 members (excludes halogenated alkanes) is 5. The molecule has 0 spiro atoms. The van der Waals surface area contributed by atoms with Gasteiger partial charge in [-0.15, -0.1) is 0 Å². The highest BCUT2D eigenvalue weighted by Crippen LogP contribution is 2.48. The molecule has 5 atom stereocenters. The molecule has 0 unspecified atom stereocenters. The first-order chi connectivity index (χ1) is 15.0. The number of allylic oxidation sites excluding steroid dienone is 1. The van der Waals surface area contributed by atoms with Crippen molar-refractivity contribution in [2.45, 2.75) is 122 Å². The third-order valence-corrected chi connectivity index (χ3v) is 12.7. The van der Waals surface area contributed by atoms with Crippen LogP contribution in [0.25, 0.3) is 0 Å². The van der Waals surface area contributed by atoms with Gasteiger partial charge in [-0.05, 0) is 68.3 Å². The standard InChI is InChI=1S/C28H46O3Si/c1-8-9-10-11-12-13-14-15-26-20(2)16-24-23-19-22(31-32(6,7)28(3,4)5)17-21(23)18-25(29)27(24)30-26/h14-16,18,22-24,26-27H,8-13,17,19H2,1-7H3/b15-14+/t22-,23+,24-,26+,27-/m1/s1. The topological polar surface area (TPSA) is 35.5 Å². The second kappa shape index (κ2) is 10.5. The van der Waals surface area contributed by atoms with Crippen molar-refractivity contribution in [1.29, 1.82) is 0 Å². The Balaban J connectivity index is 1.62. The summed E-state index contributed by atoms with van der Waals surface area (Å²) in [6, 6.07) is 0. The SMILES string of the molecule is CCCCCCC/C=C/[C@@H]1O[C@H]2C(=O)C=C3C[C@@H](O[Si](C)(C)C(C)(C)C)C[C@@H]3[C@H]2C=C1C. The first-order valence-electron chi connectivity index (χ1n) is 13.0. The molecular weight excluding hydrogens is 412 g/mol. The van der Waals surface area contributed by atoms with E-state index in [9.17, 15) is 4.79 Å². The van der Waals surface area contributed by atoms with E-state index in [0.717, 1.165) is 19.3 Å². The van der Waals surface area contributed by atoms with Crippen molar-refractivity contribution < 1.29 is 14.0 Å². The zero-order chi connectivity index (χ0) is 23.5. The summed E-state index contributed by atoms with van der Waals surface area (Å²) >= 11 is 0. The second-order valence-corrected chi connectivity index (χ2v) is 16.5. The zero-order valence-corrected chi connectivity index (χ0v) is 22.6. The van der Waals surface area contributed by atoms with E-state index < -0.39 is 8.32 Å². The van der Waals surface area contributed by atoms with Crippen LogP contribution in [0.2, 0.25) is 18.1 Å². The molecule has 3 aliphatic rings. The van der Waals surface area contributed by atoms with Gasteiger partial charge in [0.25, 0.3) is 0 Å². The van der Waals surface area contributed by atoms with Gasteiger partial charge in [0.2, 0.25) is 0 Å². The second-order valence-electron chi connectivity index (χ2n) is 11.8. The number of carbonyl (C=O) groups excluding carboxylic acids is 1. The van der Waals surface area contributed by atoms with Gasteiger partial charge in [0.05, 0.1) is 6.10 Å². The lowest BCUT2D eigenvalue weighted by molar-refractivity contribution is -0.133. The van der Waals surface area contributed by atoms with Crippen LogP contribution in [0.3, 0.4) is 0 Å². The van der Waals surface area contributed by atoms with Gasteiger partial charge in [0.15, 0.2) is 14.1 Å². The van der Waals surface area contributed by atoms with E-state index in [2.05, 4.69) is 65.9 Å². The fourth-order valence-electron chi connectivity index (χ4n) is 5.16. The van der Waals surface area contributed by atoms with Crippen LogP contribution < -0.4 is 0 Å². The first kappa shape index (κ1) is 25.6. The van der Waals surface area contributed by atoms with Gasteiger partial charge in [0.1, 0.15) is 6.10 Å². The Bertz CT molecular complexity index is 755. The molecule has 3 rings (SSSR count). The minimum atomic E-state index is -1.82. The molecule has 0 aromatic rings. The maximum Gasteiger partial charge on any atom is 0.192 e. The van der Waals surface area contributed by atoms with Crippen LogP contribution in [-0.4, -0.2) is 32.4 Å². The van der Waals surface area contributed by atoms with Crippen LogP contribution >= 0.6 is 0 Å². The Morgan fingerprint density at radius 2 is 1.91 bits per heavy atom. The molecule has 0 N–H and O–H groups in total. The molecule has 32 heavy (non-hydrogen) atoms. The predicted octanol–water partition coefficient (Wildman–Crippen LogP) is 7.54. The highest BCUT2D eigenvalue weighted by Gasteiger charge is 2.48. The Labute approximate surface area is 197 Å². The van der Waals surface area contributed by atoms with Crippen LogP contribution in [0.5, 0.6) is 0 Å². The maximum absolute atomic E-state index is 13.0. The average molecular weight is 459 g/mol. The van der Waals surface area contributed by atoms with Crippen LogP contribution in [-0.2, 0) is 14.0 Å². The number of rotatable bonds is 9. The number of ketones is 1. The number of fused-ring (bicyclic) bond motifs is 3. The molecule has 1 heterocycles. The van der Waals surface area contributed by atoms with Crippen molar-refractivity contribution in [2.24, 2.45) is 11.8 Å². The lowest BCUT2D eigenvalue weighted by atomic mass is 9.75. The van der Waals surface area contributed by atoms with Gasteiger partial charge in [-0.3, -0.25) is 4.79 Å². The summed E-state index contributed by atoms with van der Waals surface area (Å²) in [5.41, 5.74) is 2.53. The van der Waals surface area contributed by atoms with E-state index >= 15 is 0 Å². The Kier molecular flexibility index (Phi) is 8.44. The Morgan fingerprint density at radius 3 is 2.59 bits per heavy atom. The summed E-state index contributed by atoms with van der Waals surface area (Å²) in [4.78, 5) is 13.0. The van der Waals surface area contributed by atoms with Crippen LogP contribution in [0.4, 0.5) is 0 Å². The quantitative estimate of drug-likeness (QED) is 0.203. The van der Waals surface area contributed by atoms with E-state index in [-0.39, 0.29) is 35.1 Å². The molecule has 0 bridgehead atoms. The smallest absolute Gasteiger partial charge is 0.192 e. The summed E-state index contributed by atoms with van der Waals surface area (Å²) in [7, 11) is -1.82. The van der Waals surface area contributed by atoms with Gasteiger partial charge >= 0.3 is 0 Å². The zero-order valence-electron chi connectivity index (χ0n) is 21.6. The normalized spacial score (nSPS) is 30.8. The molecule has 0 aromatic heterocycles. The minimum Gasteiger partial charge on any atom is -0.414 e. The largest absolute Gasteiger partial charge is 0.414 e. The monoisotopic (exact) mass is 458 g/mol. The Hall–Kier alpha value is -0.973. The minimum absolute atomic E-state index is 0.0635. The van der Waals surface area contributed by atoms with Crippen molar-refractivity contribution in [3.05, 3.63) is 35.5 Å². The molecule has 180 valence electrons. The van der Waals surface area contributed by atoms with Crippen molar-refractivity contribution in [2.75, 3.05) is 0 Å². The van der Waals surface area contributed by atoms with E-state index in [1.807, 2.05) is 6.08 Å². The molecule has 1 saturated carbocycles. The molecule has 0 aromatic carbocycles. The number of hydrogen-bond acceptors (Lipinski definition) is 3. The summed E-state index contributed by atoms with van der Waals surface area (Å²) in [6.45, 7) is 15.9. The van der Waals surface area contributed by atoms with Crippen LogP contribution in [0.15, 0.2) is 35.5 Å². The van der Waals surface area contributed by atoms with E-state index in [4.69, 9.17) is 9.16 Å². The molecule has 0 radical (unpaired) electrons. The van der Waals surface area contributed by atoms with Crippen molar-refractivity contribution in [3.8, 4) is 0 Å².